The number of nitrogens with zero attached hydrogens (tertiary/aromatic N) is 1. The summed E-state index contributed by atoms with van der Waals surface area (Å²) in [6.45, 7) is 2.44. The van der Waals surface area contributed by atoms with Gasteiger partial charge < -0.3 is 19.7 Å². The van der Waals surface area contributed by atoms with Crippen LogP contribution in [0.15, 0.2) is 0 Å². The normalized spacial score (nSPS) is 17.2. The fourth-order valence-corrected chi connectivity index (χ4v) is 1.01. The lowest BCUT2D eigenvalue weighted by molar-refractivity contribution is -0.107. The lowest BCUT2D eigenvalue weighted by Crippen LogP contribution is -2.46. The van der Waals surface area contributed by atoms with Crippen molar-refractivity contribution in [3.8, 4) is 0 Å². The second-order valence-electron chi connectivity index (χ2n) is 2.45. The van der Waals surface area contributed by atoms with Crippen molar-refractivity contribution < 1.29 is 14.3 Å². The first kappa shape index (κ1) is 8.99. The van der Waals surface area contributed by atoms with Crippen molar-refractivity contribution in [3.63, 3.8) is 0 Å². The Labute approximate surface area is 70.7 Å². The molecule has 1 aliphatic rings. The Morgan fingerprint density at radius 3 is 2.75 bits per heavy atom. The molecule has 0 atom stereocenters. The van der Waals surface area contributed by atoms with Crippen molar-refractivity contribution in [2.24, 2.45) is 0 Å². The van der Waals surface area contributed by atoms with Crippen LogP contribution in [0.3, 0.4) is 0 Å². The summed E-state index contributed by atoms with van der Waals surface area (Å²) < 4.78 is 5.06. The van der Waals surface area contributed by atoms with Crippen LogP contribution in [-0.2, 0) is 9.53 Å². The Kier molecular flexibility index (Phi) is 3.53. The number of nitrogens with one attached hydrogen (secondary N) is 1. The third-order valence-electron chi connectivity index (χ3n) is 1.63. The summed E-state index contributed by atoms with van der Waals surface area (Å²) in [4.78, 5) is 22.7. The molecule has 2 amide bonds. The summed E-state index contributed by atoms with van der Waals surface area (Å²) in [6.07, 6.45) is 0.665. The van der Waals surface area contributed by atoms with Crippen LogP contribution in [0.25, 0.3) is 0 Å². The minimum absolute atomic E-state index is 0.0796. The summed E-state index contributed by atoms with van der Waals surface area (Å²) in [5, 5.41) is 2.47. The zero-order chi connectivity index (χ0) is 8.81. The van der Waals surface area contributed by atoms with Gasteiger partial charge in [-0.05, 0) is 0 Å². The highest BCUT2D eigenvalue weighted by Gasteiger charge is 2.15. The van der Waals surface area contributed by atoms with Crippen molar-refractivity contribution in [1.29, 1.82) is 0 Å². The Bertz CT molecular complexity index is 166. The quantitative estimate of drug-likeness (QED) is 0.556. The SMILES string of the molecule is O=CCNC(=O)N1CCOCC1. The van der Waals surface area contributed by atoms with Crippen molar-refractivity contribution in [3.05, 3.63) is 0 Å². The molecule has 1 saturated heterocycles. The van der Waals surface area contributed by atoms with Crippen molar-refractivity contribution in [2.75, 3.05) is 32.8 Å². The van der Waals surface area contributed by atoms with Gasteiger partial charge in [0.25, 0.3) is 0 Å². The summed E-state index contributed by atoms with van der Waals surface area (Å²) in [6, 6.07) is -0.189. The molecule has 0 aromatic heterocycles. The van der Waals surface area contributed by atoms with E-state index in [1.165, 1.54) is 0 Å². The van der Waals surface area contributed by atoms with Gasteiger partial charge in [0, 0.05) is 13.1 Å². The number of morpholine rings is 1. The van der Waals surface area contributed by atoms with E-state index in [0.29, 0.717) is 32.6 Å². The summed E-state index contributed by atoms with van der Waals surface area (Å²) >= 11 is 0. The summed E-state index contributed by atoms with van der Waals surface area (Å²) in [7, 11) is 0. The Morgan fingerprint density at radius 1 is 1.50 bits per heavy atom. The number of rotatable bonds is 2. The maximum absolute atomic E-state index is 11.2. The number of urea groups is 1. The van der Waals surface area contributed by atoms with E-state index in [9.17, 15) is 9.59 Å². The smallest absolute Gasteiger partial charge is 0.317 e. The standard InChI is InChI=1S/C7H12N2O3/c10-4-1-8-7(11)9-2-5-12-6-3-9/h4H,1-3,5-6H2,(H,8,11). The van der Waals surface area contributed by atoms with Gasteiger partial charge in [-0.1, -0.05) is 0 Å². The minimum Gasteiger partial charge on any atom is -0.378 e. The molecule has 5 nitrogen and oxygen atoms in total. The molecular weight excluding hydrogens is 160 g/mol. The molecule has 1 fully saturated rings. The van der Waals surface area contributed by atoms with E-state index >= 15 is 0 Å². The zero-order valence-electron chi connectivity index (χ0n) is 6.78. The number of ether oxygens (including phenoxy) is 1. The van der Waals surface area contributed by atoms with E-state index in [1.54, 1.807) is 4.90 Å². The van der Waals surface area contributed by atoms with E-state index in [2.05, 4.69) is 5.32 Å². The van der Waals surface area contributed by atoms with E-state index in [4.69, 9.17) is 4.74 Å². The van der Waals surface area contributed by atoms with Crippen LogP contribution in [0, 0.1) is 0 Å². The number of hydrogen-bond donors (Lipinski definition) is 1. The topological polar surface area (TPSA) is 58.6 Å². The van der Waals surface area contributed by atoms with Gasteiger partial charge >= 0.3 is 6.03 Å². The Balaban J connectivity index is 2.24. The molecule has 0 bridgehead atoms. The van der Waals surface area contributed by atoms with Crippen LogP contribution in [0.1, 0.15) is 0 Å². The first-order chi connectivity index (χ1) is 5.84. The van der Waals surface area contributed by atoms with Crippen LogP contribution >= 0.6 is 0 Å². The molecular formula is C7H12N2O3. The molecule has 1 rings (SSSR count). The van der Waals surface area contributed by atoms with Gasteiger partial charge in [-0.25, -0.2) is 4.79 Å². The predicted octanol–water partition coefficient (Wildman–Crippen LogP) is -0.773. The summed E-state index contributed by atoms with van der Waals surface area (Å²) in [5.41, 5.74) is 0. The lowest BCUT2D eigenvalue weighted by atomic mass is 10.4. The third-order valence-corrected chi connectivity index (χ3v) is 1.63. The Morgan fingerprint density at radius 2 is 2.17 bits per heavy atom. The molecule has 0 aliphatic carbocycles. The second-order valence-corrected chi connectivity index (χ2v) is 2.45. The molecule has 68 valence electrons. The molecule has 0 saturated carbocycles. The van der Waals surface area contributed by atoms with Crippen molar-refractivity contribution in [2.45, 2.75) is 0 Å². The number of carbonyl (C=O) groups is 2. The fraction of sp³-hybridized carbons (Fsp3) is 0.714. The minimum atomic E-state index is -0.189. The monoisotopic (exact) mass is 172 g/mol. The van der Waals surface area contributed by atoms with Gasteiger partial charge in [0.2, 0.25) is 0 Å². The molecule has 0 aromatic carbocycles. The van der Waals surface area contributed by atoms with E-state index < -0.39 is 0 Å². The van der Waals surface area contributed by atoms with Crippen molar-refractivity contribution >= 4 is 12.3 Å². The average Bonchev–Trinajstić information content (AvgIpc) is 2.15. The van der Waals surface area contributed by atoms with Crippen LogP contribution in [0.5, 0.6) is 0 Å². The fourth-order valence-electron chi connectivity index (χ4n) is 1.01. The highest BCUT2D eigenvalue weighted by molar-refractivity contribution is 5.76. The number of carbonyl (C=O) groups excluding carboxylic acids is 2. The van der Waals surface area contributed by atoms with Crippen LogP contribution in [0.4, 0.5) is 4.79 Å². The second kappa shape index (κ2) is 4.71. The molecule has 0 unspecified atom stereocenters. The maximum atomic E-state index is 11.2. The van der Waals surface area contributed by atoms with Gasteiger partial charge in [0.15, 0.2) is 0 Å². The molecule has 0 aromatic rings. The number of hydrogen-bond acceptors (Lipinski definition) is 3. The molecule has 1 aliphatic heterocycles. The molecule has 12 heavy (non-hydrogen) atoms. The molecule has 0 spiro atoms. The summed E-state index contributed by atoms with van der Waals surface area (Å²) in [5.74, 6) is 0. The van der Waals surface area contributed by atoms with Crippen LogP contribution in [-0.4, -0.2) is 50.1 Å². The Hall–Kier alpha value is -1.10. The molecule has 0 radical (unpaired) electrons. The highest BCUT2D eigenvalue weighted by atomic mass is 16.5. The van der Waals surface area contributed by atoms with E-state index in [1.807, 2.05) is 0 Å². The lowest BCUT2D eigenvalue weighted by Gasteiger charge is -2.26. The van der Waals surface area contributed by atoms with Gasteiger partial charge in [-0.3, -0.25) is 0 Å². The van der Waals surface area contributed by atoms with Crippen LogP contribution in [0.2, 0.25) is 0 Å². The maximum Gasteiger partial charge on any atom is 0.317 e. The van der Waals surface area contributed by atoms with E-state index in [-0.39, 0.29) is 12.6 Å². The number of amides is 2. The van der Waals surface area contributed by atoms with Gasteiger partial charge in [0.05, 0.1) is 19.8 Å². The molecule has 5 heteroatoms. The van der Waals surface area contributed by atoms with Crippen LogP contribution < -0.4 is 5.32 Å². The van der Waals surface area contributed by atoms with Crippen molar-refractivity contribution in [1.82, 2.24) is 10.2 Å². The van der Waals surface area contributed by atoms with E-state index in [0.717, 1.165) is 0 Å². The molecule has 1 N–H and O–H groups in total. The third kappa shape index (κ3) is 2.50. The largest absolute Gasteiger partial charge is 0.378 e. The van der Waals surface area contributed by atoms with Gasteiger partial charge in [-0.2, -0.15) is 0 Å². The first-order valence-corrected chi connectivity index (χ1v) is 3.89. The molecule has 1 heterocycles. The zero-order valence-corrected chi connectivity index (χ0v) is 6.78. The first-order valence-electron chi connectivity index (χ1n) is 3.89. The predicted molar refractivity (Wildman–Crippen MR) is 41.9 cm³/mol. The van der Waals surface area contributed by atoms with Gasteiger partial charge in [-0.15, -0.1) is 0 Å². The average molecular weight is 172 g/mol. The van der Waals surface area contributed by atoms with Gasteiger partial charge in [0.1, 0.15) is 6.29 Å². The number of aldehydes is 1. The highest BCUT2D eigenvalue weighted by Crippen LogP contribution is 1.95.